The van der Waals surface area contributed by atoms with Gasteiger partial charge in [0, 0.05) is 51.6 Å². The first-order valence-electron chi connectivity index (χ1n) is 11.4. The summed E-state index contributed by atoms with van der Waals surface area (Å²) < 4.78 is 7.15. The number of benzene rings is 1. The highest BCUT2D eigenvalue weighted by molar-refractivity contribution is 5.77. The van der Waals surface area contributed by atoms with Gasteiger partial charge in [0.15, 0.2) is 0 Å². The smallest absolute Gasteiger partial charge is 0.225 e. The first kappa shape index (κ1) is 22.8. The number of carbonyl (C=O) groups is 1. The third-order valence-electron chi connectivity index (χ3n) is 6.07. The Labute approximate surface area is 195 Å². The third kappa shape index (κ3) is 5.16. The van der Waals surface area contributed by atoms with Crippen molar-refractivity contribution in [1.29, 1.82) is 0 Å². The van der Waals surface area contributed by atoms with Gasteiger partial charge in [-0.2, -0.15) is 5.10 Å². The number of hydrogen-bond acceptors (Lipinski definition) is 6. The van der Waals surface area contributed by atoms with Crippen molar-refractivity contribution in [1.82, 2.24) is 24.6 Å². The van der Waals surface area contributed by atoms with Gasteiger partial charge < -0.3 is 14.5 Å². The molecule has 1 atom stereocenters. The summed E-state index contributed by atoms with van der Waals surface area (Å²) in [5.41, 5.74) is 3.83. The number of anilines is 1. The van der Waals surface area contributed by atoms with Crippen LogP contribution in [-0.4, -0.2) is 58.3 Å². The van der Waals surface area contributed by atoms with E-state index in [9.17, 15) is 4.79 Å². The molecule has 1 amide bonds. The number of hydrogen-bond donors (Lipinski definition) is 0. The van der Waals surface area contributed by atoms with E-state index in [0.717, 1.165) is 54.1 Å². The van der Waals surface area contributed by atoms with Gasteiger partial charge in [0.1, 0.15) is 5.75 Å². The standard InChI is InChI=1S/C25H32N6O2/c1-18-12-15-30(28-18)16-13-23(32)31-14-6-5-7-22(31)24-21(17-26-25(27-24)29(2)3)19-8-10-20(33-4)11-9-19/h8-12,15,17,22H,5-7,13-14,16H2,1-4H3. The van der Waals surface area contributed by atoms with Gasteiger partial charge in [0.2, 0.25) is 11.9 Å². The molecule has 8 heteroatoms. The van der Waals surface area contributed by atoms with Gasteiger partial charge in [0.05, 0.1) is 24.5 Å². The minimum absolute atomic E-state index is 0.0793. The molecule has 8 nitrogen and oxygen atoms in total. The number of aryl methyl sites for hydroxylation is 2. The van der Waals surface area contributed by atoms with Crippen molar-refractivity contribution in [3.8, 4) is 16.9 Å². The summed E-state index contributed by atoms with van der Waals surface area (Å²) in [6.07, 6.45) is 7.18. The lowest BCUT2D eigenvalue weighted by Gasteiger charge is -2.36. The average molecular weight is 449 g/mol. The SMILES string of the molecule is COc1ccc(-c2cnc(N(C)C)nc2C2CCCCN2C(=O)CCn2ccc(C)n2)cc1. The van der Waals surface area contributed by atoms with Crippen LogP contribution in [0.4, 0.5) is 5.95 Å². The van der Waals surface area contributed by atoms with E-state index in [-0.39, 0.29) is 11.9 Å². The predicted octanol–water partition coefficient (Wildman–Crippen LogP) is 3.87. The molecule has 0 spiro atoms. The van der Waals surface area contributed by atoms with Crippen LogP contribution < -0.4 is 9.64 Å². The van der Waals surface area contributed by atoms with Gasteiger partial charge in [0.25, 0.3) is 0 Å². The summed E-state index contributed by atoms with van der Waals surface area (Å²) in [5.74, 6) is 1.58. The number of carbonyl (C=O) groups excluding carboxylic acids is 1. The Bertz CT molecular complexity index is 1090. The van der Waals surface area contributed by atoms with Crippen LogP contribution in [0.3, 0.4) is 0 Å². The van der Waals surface area contributed by atoms with E-state index in [1.807, 2.05) is 78.2 Å². The summed E-state index contributed by atoms with van der Waals surface area (Å²) >= 11 is 0. The van der Waals surface area contributed by atoms with Gasteiger partial charge >= 0.3 is 0 Å². The molecule has 3 heterocycles. The van der Waals surface area contributed by atoms with Gasteiger partial charge in [-0.1, -0.05) is 12.1 Å². The minimum atomic E-state index is -0.0793. The lowest BCUT2D eigenvalue weighted by atomic mass is 9.93. The zero-order chi connectivity index (χ0) is 23.4. The lowest BCUT2D eigenvalue weighted by Crippen LogP contribution is -2.39. The molecule has 174 valence electrons. The second kappa shape index (κ2) is 10.0. The molecule has 33 heavy (non-hydrogen) atoms. The number of likely N-dealkylation sites (tertiary alicyclic amines) is 1. The molecule has 4 rings (SSSR count). The van der Waals surface area contributed by atoms with Crippen molar-refractivity contribution in [3.05, 3.63) is 54.1 Å². The van der Waals surface area contributed by atoms with Crippen molar-refractivity contribution in [2.75, 3.05) is 32.6 Å². The fraction of sp³-hybridized carbons (Fsp3) is 0.440. The monoisotopic (exact) mass is 448 g/mol. The Morgan fingerprint density at radius 2 is 1.97 bits per heavy atom. The van der Waals surface area contributed by atoms with E-state index in [4.69, 9.17) is 9.72 Å². The molecule has 1 saturated heterocycles. The number of ether oxygens (including phenoxy) is 1. The van der Waals surface area contributed by atoms with Crippen LogP contribution in [0.25, 0.3) is 11.1 Å². The van der Waals surface area contributed by atoms with Crippen molar-refractivity contribution in [2.45, 2.75) is 45.2 Å². The molecule has 0 bridgehead atoms. The van der Waals surface area contributed by atoms with Crippen LogP contribution in [0.15, 0.2) is 42.7 Å². The van der Waals surface area contributed by atoms with Gasteiger partial charge in [-0.3, -0.25) is 9.48 Å². The Kier molecular flexibility index (Phi) is 6.91. The lowest BCUT2D eigenvalue weighted by molar-refractivity contribution is -0.135. The largest absolute Gasteiger partial charge is 0.497 e. The maximum atomic E-state index is 13.3. The van der Waals surface area contributed by atoms with Crippen LogP contribution in [0.1, 0.15) is 43.1 Å². The number of amides is 1. The van der Waals surface area contributed by atoms with Crippen LogP contribution in [0, 0.1) is 6.92 Å². The van der Waals surface area contributed by atoms with E-state index in [2.05, 4.69) is 10.1 Å². The molecule has 1 aliphatic rings. The quantitative estimate of drug-likeness (QED) is 0.546. The van der Waals surface area contributed by atoms with Crippen LogP contribution in [0.2, 0.25) is 0 Å². The Morgan fingerprint density at radius 1 is 1.18 bits per heavy atom. The molecule has 0 aliphatic carbocycles. The van der Waals surface area contributed by atoms with Crippen LogP contribution in [0.5, 0.6) is 5.75 Å². The summed E-state index contributed by atoms with van der Waals surface area (Å²) in [6.45, 7) is 3.27. The highest BCUT2D eigenvalue weighted by Crippen LogP contribution is 2.37. The van der Waals surface area contributed by atoms with Gasteiger partial charge in [-0.05, 0) is 49.9 Å². The van der Waals surface area contributed by atoms with Gasteiger partial charge in [-0.15, -0.1) is 0 Å². The second-order valence-corrected chi connectivity index (χ2v) is 8.66. The zero-order valence-corrected chi connectivity index (χ0v) is 19.9. The number of rotatable bonds is 7. The topological polar surface area (TPSA) is 76.4 Å². The zero-order valence-electron chi connectivity index (χ0n) is 19.9. The number of methoxy groups -OCH3 is 1. The van der Waals surface area contributed by atoms with Crippen LogP contribution >= 0.6 is 0 Å². The van der Waals surface area contributed by atoms with E-state index in [0.29, 0.717) is 18.9 Å². The first-order chi connectivity index (χ1) is 16.0. The Morgan fingerprint density at radius 3 is 2.64 bits per heavy atom. The second-order valence-electron chi connectivity index (χ2n) is 8.66. The molecule has 1 aliphatic heterocycles. The molecule has 3 aromatic rings. The summed E-state index contributed by atoms with van der Waals surface area (Å²) in [5, 5.41) is 4.41. The maximum absolute atomic E-state index is 13.3. The van der Waals surface area contributed by atoms with Crippen LogP contribution in [-0.2, 0) is 11.3 Å². The average Bonchev–Trinajstić information content (AvgIpc) is 3.27. The third-order valence-corrected chi connectivity index (χ3v) is 6.07. The van der Waals surface area contributed by atoms with E-state index < -0.39 is 0 Å². The molecule has 2 aromatic heterocycles. The summed E-state index contributed by atoms with van der Waals surface area (Å²) in [6, 6.07) is 9.80. The molecule has 0 radical (unpaired) electrons. The normalized spacial score (nSPS) is 16.0. The molecule has 1 fully saturated rings. The van der Waals surface area contributed by atoms with E-state index >= 15 is 0 Å². The van der Waals surface area contributed by atoms with Crippen molar-refractivity contribution in [2.24, 2.45) is 0 Å². The molecule has 0 saturated carbocycles. The fourth-order valence-electron chi connectivity index (χ4n) is 4.30. The summed E-state index contributed by atoms with van der Waals surface area (Å²) in [7, 11) is 5.52. The number of nitrogens with zero attached hydrogens (tertiary/aromatic N) is 6. The van der Waals surface area contributed by atoms with E-state index in [1.165, 1.54) is 0 Å². The number of aromatic nitrogens is 4. The predicted molar refractivity (Wildman–Crippen MR) is 128 cm³/mol. The first-order valence-corrected chi connectivity index (χ1v) is 11.4. The van der Waals surface area contributed by atoms with Gasteiger partial charge in [-0.25, -0.2) is 9.97 Å². The van der Waals surface area contributed by atoms with Crippen molar-refractivity contribution >= 4 is 11.9 Å². The van der Waals surface area contributed by atoms with E-state index in [1.54, 1.807) is 7.11 Å². The molecular formula is C25H32N6O2. The molecule has 1 aromatic carbocycles. The fourth-order valence-corrected chi connectivity index (χ4v) is 4.30. The minimum Gasteiger partial charge on any atom is -0.497 e. The number of piperidine rings is 1. The van der Waals surface area contributed by atoms with Crippen molar-refractivity contribution < 1.29 is 9.53 Å². The Hall–Kier alpha value is -3.42. The van der Waals surface area contributed by atoms with Crippen molar-refractivity contribution in [3.63, 3.8) is 0 Å². The molecule has 0 N–H and O–H groups in total. The molecular weight excluding hydrogens is 416 g/mol. The molecule has 1 unspecified atom stereocenters. The highest BCUT2D eigenvalue weighted by atomic mass is 16.5. The Balaban J connectivity index is 1.65. The highest BCUT2D eigenvalue weighted by Gasteiger charge is 2.31. The maximum Gasteiger partial charge on any atom is 0.225 e. The summed E-state index contributed by atoms with van der Waals surface area (Å²) in [4.78, 5) is 26.7.